The summed E-state index contributed by atoms with van der Waals surface area (Å²) < 4.78 is 28.8. The summed E-state index contributed by atoms with van der Waals surface area (Å²) in [5, 5.41) is 6.42. The lowest BCUT2D eigenvalue weighted by atomic mass is 10.3. The summed E-state index contributed by atoms with van der Waals surface area (Å²) in [5.41, 5.74) is 0.547. The highest BCUT2D eigenvalue weighted by molar-refractivity contribution is 7.89. The van der Waals surface area contributed by atoms with Crippen LogP contribution in [-0.2, 0) is 10.0 Å². The molecule has 0 bridgehead atoms. The van der Waals surface area contributed by atoms with Gasteiger partial charge in [0.25, 0.3) is 0 Å². The number of rotatable bonds is 6. The molecule has 7 heteroatoms. The van der Waals surface area contributed by atoms with Crippen LogP contribution in [0, 0.1) is 0 Å². The van der Waals surface area contributed by atoms with Crippen molar-refractivity contribution in [3.8, 4) is 10.6 Å². The molecule has 116 valence electrons. The summed E-state index contributed by atoms with van der Waals surface area (Å²) >= 11 is 1.50. The zero-order valence-electron chi connectivity index (χ0n) is 12.8. The molecule has 2 heterocycles. The van der Waals surface area contributed by atoms with Crippen molar-refractivity contribution in [3.63, 3.8) is 0 Å². The van der Waals surface area contributed by atoms with Gasteiger partial charge in [-0.1, -0.05) is 19.9 Å². The Labute approximate surface area is 130 Å². The van der Waals surface area contributed by atoms with E-state index in [1.165, 1.54) is 15.6 Å². The summed E-state index contributed by atoms with van der Waals surface area (Å²) in [7, 11) is -3.51. The van der Waals surface area contributed by atoms with Gasteiger partial charge in [0.1, 0.15) is 10.6 Å². The zero-order chi connectivity index (χ0) is 15.6. The Hall–Kier alpha value is -1.18. The highest BCUT2D eigenvalue weighted by Gasteiger charge is 2.29. The molecule has 21 heavy (non-hydrogen) atoms. The van der Waals surface area contributed by atoms with Crippen molar-refractivity contribution >= 4 is 21.4 Å². The van der Waals surface area contributed by atoms with Crippen LogP contribution >= 0.6 is 11.3 Å². The molecule has 5 nitrogen and oxygen atoms in total. The van der Waals surface area contributed by atoms with Crippen LogP contribution in [0.5, 0.6) is 0 Å². The summed E-state index contributed by atoms with van der Waals surface area (Å²) in [5.74, 6) is 0. The maximum atomic E-state index is 12.8. The quantitative estimate of drug-likeness (QED) is 0.818. The fraction of sp³-hybridized carbons (Fsp3) is 0.500. The van der Waals surface area contributed by atoms with Crippen LogP contribution in [0.1, 0.15) is 33.7 Å². The van der Waals surface area contributed by atoms with Crippen LogP contribution in [-0.4, -0.2) is 35.6 Å². The van der Waals surface area contributed by atoms with Crippen molar-refractivity contribution in [1.82, 2.24) is 14.1 Å². The zero-order valence-corrected chi connectivity index (χ0v) is 14.4. The normalized spacial score (nSPS) is 12.5. The fourth-order valence-electron chi connectivity index (χ4n) is 2.11. The lowest BCUT2D eigenvalue weighted by molar-refractivity contribution is 0.445. The Kier molecular flexibility index (Phi) is 4.85. The molecule has 0 aliphatic carbocycles. The van der Waals surface area contributed by atoms with Crippen LogP contribution in [0.2, 0.25) is 0 Å². The molecule has 0 fully saturated rings. The number of thiophene rings is 1. The molecule has 0 unspecified atom stereocenters. The third kappa shape index (κ3) is 3.04. The molecule has 0 N–H and O–H groups in total. The average molecular weight is 327 g/mol. The summed E-state index contributed by atoms with van der Waals surface area (Å²) in [6.07, 6.45) is 1.65. The van der Waals surface area contributed by atoms with E-state index >= 15 is 0 Å². The molecule has 0 saturated carbocycles. The lowest BCUT2D eigenvalue weighted by Crippen LogP contribution is -2.30. The van der Waals surface area contributed by atoms with E-state index < -0.39 is 10.0 Å². The largest absolute Gasteiger partial charge is 0.268 e. The van der Waals surface area contributed by atoms with E-state index in [1.54, 1.807) is 10.9 Å². The molecule has 2 aromatic heterocycles. The van der Waals surface area contributed by atoms with Crippen molar-refractivity contribution in [2.75, 3.05) is 13.1 Å². The topological polar surface area (TPSA) is 55.2 Å². The molecule has 0 aliphatic rings. The maximum Gasteiger partial charge on any atom is 0.246 e. The van der Waals surface area contributed by atoms with Gasteiger partial charge in [0.15, 0.2) is 0 Å². The number of hydrogen-bond acceptors (Lipinski definition) is 4. The average Bonchev–Trinajstić information content (AvgIpc) is 3.09. The predicted molar refractivity (Wildman–Crippen MR) is 86.0 cm³/mol. The summed E-state index contributed by atoms with van der Waals surface area (Å²) in [4.78, 5) is 1.17. The van der Waals surface area contributed by atoms with Gasteiger partial charge in [0, 0.05) is 25.3 Å². The second-order valence-corrected chi connectivity index (χ2v) is 7.84. The van der Waals surface area contributed by atoms with Crippen LogP contribution in [0.15, 0.2) is 28.6 Å². The molecule has 0 atom stereocenters. The van der Waals surface area contributed by atoms with Gasteiger partial charge in [-0.05, 0) is 25.3 Å². The van der Waals surface area contributed by atoms with Gasteiger partial charge in [0.2, 0.25) is 10.0 Å². The monoisotopic (exact) mass is 327 g/mol. The first kappa shape index (κ1) is 16.2. The molecule has 0 amide bonds. The lowest BCUT2D eigenvalue weighted by Gasteiger charge is -2.17. The van der Waals surface area contributed by atoms with Crippen molar-refractivity contribution in [2.24, 2.45) is 0 Å². The second-order valence-electron chi connectivity index (χ2n) is 4.98. The molecule has 2 aromatic rings. The van der Waals surface area contributed by atoms with Gasteiger partial charge in [-0.15, -0.1) is 11.3 Å². The molecule has 2 rings (SSSR count). The Bertz CT molecular complexity index is 684. The molecule has 0 spiro atoms. The van der Waals surface area contributed by atoms with E-state index in [2.05, 4.69) is 5.10 Å². The number of hydrogen-bond donors (Lipinski definition) is 0. The van der Waals surface area contributed by atoms with Gasteiger partial charge in [-0.2, -0.15) is 9.40 Å². The van der Waals surface area contributed by atoms with E-state index in [-0.39, 0.29) is 6.04 Å². The Morgan fingerprint density at radius 3 is 2.48 bits per heavy atom. The predicted octanol–water partition coefficient (Wildman–Crippen LogP) is 3.22. The van der Waals surface area contributed by atoms with E-state index in [1.807, 2.05) is 45.2 Å². The summed E-state index contributed by atoms with van der Waals surface area (Å²) in [6.45, 7) is 8.57. The summed E-state index contributed by atoms with van der Waals surface area (Å²) in [6, 6.07) is 3.92. The van der Waals surface area contributed by atoms with Gasteiger partial charge in [0.05, 0.1) is 4.88 Å². The van der Waals surface area contributed by atoms with E-state index in [4.69, 9.17) is 0 Å². The Balaban J connectivity index is 2.62. The molecule has 0 aromatic carbocycles. The minimum absolute atomic E-state index is 0.115. The van der Waals surface area contributed by atoms with Crippen LogP contribution in [0.25, 0.3) is 10.6 Å². The standard InChI is InChI=1S/C14H21N3O2S2/c1-5-16(6-2)21(18,19)13-10-17(11(3)4)15-14(13)12-8-7-9-20-12/h7-11H,5-6H2,1-4H3. The molecular formula is C14H21N3O2S2. The smallest absolute Gasteiger partial charge is 0.246 e. The number of aromatic nitrogens is 2. The van der Waals surface area contributed by atoms with Crippen LogP contribution < -0.4 is 0 Å². The molecule has 0 radical (unpaired) electrons. The second kappa shape index (κ2) is 6.29. The van der Waals surface area contributed by atoms with Crippen LogP contribution in [0.4, 0.5) is 0 Å². The van der Waals surface area contributed by atoms with E-state index in [9.17, 15) is 8.42 Å². The minimum atomic E-state index is -3.51. The maximum absolute atomic E-state index is 12.8. The van der Waals surface area contributed by atoms with Crippen LogP contribution in [0.3, 0.4) is 0 Å². The van der Waals surface area contributed by atoms with E-state index in [0.717, 1.165) is 4.88 Å². The minimum Gasteiger partial charge on any atom is -0.268 e. The van der Waals surface area contributed by atoms with Gasteiger partial charge >= 0.3 is 0 Å². The first-order valence-corrected chi connectivity index (χ1v) is 9.36. The number of sulfonamides is 1. The third-order valence-corrected chi connectivity index (χ3v) is 6.23. The first-order valence-electron chi connectivity index (χ1n) is 7.05. The van der Waals surface area contributed by atoms with Crippen molar-refractivity contribution in [3.05, 3.63) is 23.7 Å². The molecule has 0 saturated heterocycles. The SMILES string of the molecule is CCN(CC)S(=O)(=O)c1cn(C(C)C)nc1-c1cccs1. The first-order chi connectivity index (χ1) is 9.91. The van der Waals surface area contributed by atoms with Gasteiger partial charge in [-0.3, -0.25) is 4.68 Å². The molecular weight excluding hydrogens is 306 g/mol. The van der Waals surface area contributed by atoms with E-state index in [0.29, 0.717) is 23.7 Å². The van der Waals surface area contributed by atoms with Gasteiger partial charge < -0.3 is 0 Å². The van der Waals surface area contributed by atoms with Crippen molar-refractivity contribution in [1.29, 1.82) is 0 Å². The highest BCUT2D eigenvalue weighted by atomic mass is 32.2. The Morgan fingerprint density at radius 1 is 1.33 bits per heavy atom. The third-order valence-electron chi connectivity index (χ3n) is 3.31. The fourth-order valence-corrected chi connectivity index (χ4v) is 4.50. The molecule has 0 aliphatic heterocycles. The highest BCUT2D eigenvalue weighted by Crippen LogP contribution is 2.32. The Morgan fingerprint density at radius 2 is 2.00 bits per heavy atom. The number of nitrogens with zero attached hydrogens (tertiary/aromatic N) is 3. The van der Waals surface area contributed by atoms with Gasteiger partial charge in [-0.25, -0.2) is 8.42 Å². The van der Waals surface area contributed by atoms with Crippen molar-refractivity contribution < 1.29 is 8.42 Å². The van der Waals surface area contributed by atoms with Crippen molar-refractivity contribution in [2.45, 2.75) is 38.6 Å².